The van der Waals surface area contributed by atoms with Gasteiger partial charge >= 0.3 is 11.9 Å². The van der Waals surface area contributed by atoms with Gasteiger partial charge in [0.05, 0.1) is 19.7 Å². The monoisotopic (exact) mass is 207 g/mol. The van der Waals surface area contributed by atoms with E-state index in [2.05, 4.69) is 0 Å². The van der Waals surface area contributed by atoms with Crippen LogP contribution in [0.25, 0.3) is 0 Å². The number of carbonyl (C=O) groups is 2. The zero-order valence-electron chi connectivity index (χ0n) is 7.67. The predicted octanol–water partition coefficient (Wildman–Crippen LogP) is -1.84. The van der Waals surface area contributed by atoms with E-state index in [-0.39, 0.29) is 0 Å². The Labute approximate surface area is 80.2 Å². The molecule has 0 aromatic carbocycles. The van der Waals surface area contributed by atoms with Crippen molar-refractivity contribution in [2.75, 3.05) is 19.7 Å². The van der Waals surface area contributed by atoms with Gasteiger partial charge in [0, 0.05) is 0 Å². The zero-order chi connectivity index (χ0) is 11.4. The zero-order valence-corrected chi connectivity index (χ0v) is 7.67. The molecule has 0 fully saturated rings. The van der Waals surface area contributed by atoms with E-state index in [0.29, 0.717) is 0 Å². The lowest BCUT2D eigenvalue weighted by molar-refractivity contribution is -0.164. The summed E-state index contributed by atoms with van der Waals surface area (Å²) >= 11 is 0. The van der Waals surface area contributed by atoms with E-state index in [0.717, 1.165) is 11.8 Å². The van der Waals surface area contributed by atoms with Crippen LogP contribution >= 0.6 is 0 Å². The van der Waals surface area contributed by atoms with Crippen molar-refractivity contribution in [1.29, 1.82) is 0 Å². The minimum absolute atomic E-state index is 0.653. The van der Waals surface area contributed by atoms with E-state index in [4.69, 9.17) is 15.3 Å². The maximum atomic E-state index is 10.3. The molecule has 0 bridgehead atoms. The summed E-state index contributed by atoms with van der Waals surface area (Å²) in [7, 11) is 0. The number of carboxylic acid groups (broad SMARTS) is 2. The van der Waals surface area contributed by atoms with E-state index >= 15 is 0 Å². The molecule has 7 heteroatoms. The summed E-state index contributed by atoms with van der Waals surface area (Å²) < 4.78 is 0. The van der Waals surface area contributed by atoms with Gasteiger partial charge in [0.1, 0.15) is 5.72 Å². The Kier molecular flexibility index (Phi) is 4.48. The largest absolute Gasteiger partial charge is 0.480 e. The van der Waals surface area contributed by atoms with Gasteiger partial charge in [-0.15, -0.1) is 0 Å². The average molecular weight is 207 g/mol. The summed E-state index contributed by atoms with van der Waals surface area (Å²) in [5.41, 5.74) is -1.85. The first-order chi connectivity index (χ1) is 6.29. The summed E-state index contributed by atoms with van der Waals surface area (Å²) in [6.07, 6.45) is 0. The van der Waals surface area contributed by atoms with Crippen LogP contribution in [0.3, 0.4) is 0 Å². The highest BCUT2D eigenvalue weighted by molar-refractivity contribution is 5.72. The number of aliphatic hydroxyl groups excluding tert-OH is 1. The molecule has 0 saturated carbocycles. The van der Waals surface area contributed by atoms with Gasteiger partial charge in [0.25, 0.3) is 0 Å². The topological polar surface area (TPSA) is 118 Å². The Balaban J connectivity index is 4.53. The number of hydrogen-bond acceptors (Lipinski definition) is 5. The Morgan fingerprint density at radius 1 is 1.21 bits per heavy atom. The number of nitrogens with zero attached hydrogens (tertiary/aromatic N) is 1. The van der Waals surface area contributed by atoms with E-state index in [1.807, 2.05) is 0 Å². The summed E-state index contributed by atoms with van der Waals surface area (Å²) in [5.74, 6) is -2.56. The van der Waals surface area contributed by atoms with Crippen molar-refractivity contribution in [1.82, 2.24) is 4.90 Å². The van der Waals surface area contributed by atoms with Gasteiger partial charge in [0.15, 0.2) is 0 Å². The Bertz CT molecular complexity index is 210. The van der Waals surface area contributed by atoms with Crippen molar-refractivity contribution < 1.29 is 30.0 Å². The van der Waals surface area contributed by atoms with Crippen LogP contribution in [0, 0.1) is 0 Å². The second kappa shape index (κ2) is 4.89. The third kappa shape index (κ3) is 4.17. The van der Waals surface area contributed by atoms with Crippen LogP contribution in [0.4, 0.5) is 0 Å². The van der Waals surface area contributed by atoms with Gasteiger partial charge < -0.3 is 20.4 Å². The third-order valence-corrected chi connectivity index (χ3v) is 1.63. The molecule has 0 amide bonds. The molecular weight excluding hydrogens is 194 g/mol. The molecule has 0 aliphatic carbocycles. The summed E-state index contributed by atoms with van der Waals surface area (Å²) in [4.78, 5) is 21.4. The molecule has 0 spiro atoms. The van der Waals surface area contributed by atoms with Gasteiger partial charge in [-0.1, -0.05) is 0 Å². The van der Waals surface area contributed by atoms with Crippen molar-refractivity contribution >= 4 is 11.9 Å². The molecule has 1 unspecified atom stereocenters. The fourth-order valence-electron chi connectivity index (χ4n) is 0.823. The second-order valence-corrected chi connectivity index (χ2v) is 3.02. The SMILES string of the molecule is CC(O)(CO)N(CC(=O)O)CC(=O)O. The van der Waals surface area contributed by atoms with E-state index in [1.54, 1.807) is 0 Å². The lowest BCUT2D eigenvalue weighted by Gasteiger charge is -2.32. The first-order valence-electron chi connectivity index (χ1n) is 3.81. The molecule has 7 nitrogen and oxygen atoms in total. The molecular formula is C7H13NO6. The van der Waals surface area contributed by atoms with Crippen molar-refractivity contribution in [2.45, 2.75) is 12.6 Å². The predicted molar refractivity (Wildman–Crippen MR) is 44.6 cm³/mol. The Hall–Kier alpha value is -1.18. The van der Waals surface area contributed by atoms with Crippen LogP contribution in [0.1, 0.15) is 6.92 Å². The Morgan fingerprint density at radius 2 is 1.57 bits per heavy atom. The van der Waals surface area contributed by atoms with E-state index in [9.17, 15) is 14.7 Å². The first-order valence-corrected chi connectivity index (χ1v) is 3.81. The van der Waals surface area contributed by atoms with Crippen LogP contribution < -0.4 is 0 Å². The first kappa shape index (κ1) is 12.8. The minimum atomic E-state index is -1.85. The van der Waals surface area contributed by atoms with Gasteiger partial charge in [-0.05, 0) is 6.92 Å². The highest BCUT2D eigenvalue weighted by Crippen LogP contribution is 2.09. The molecule has 0 aliphatic rings. The van der Waals surface area contributed by atoms with Gasteiger partial charge in [-0.3, -0.25) is 14.5 Å². The molecule has 0 heterocycles. The van der Waals surface area contributed by atoms with Crippen LogP contribution in [0.15, 0.2) is 0 Å². The van der Waals surface area contributed by atoms with Crippen molar-refractivity contribution in [3.8, 4) is 0 Å². The smallest absolute Gasteiger partial charge is 0.317 e. The molecule has 0 saturated heterocycles. The van der Waals surface area contributed by atoms with Crippen molar-refractivity contribution in [3.63, 3.8) is 0 Å². The molecule has 1 atom stereocenters. The lowest BCUT2D eigenvalue weighted by atomic mass is 10.2. The quantitative estimate of drug-likeness (QED) is 0.378. The lowest BCUT2D eigenvalue weighted by Crippen LogP contribution is -2.53. The number of carboxylic acids is 2. The van der Waals surface area contributed by atoms with Gasteiger partial charge in [0.2, 0.25) is 0 Å². The number of hydrogen-bond donors (Lipinski definition) is 4. The van der Waals surface area contributed by atoms with Crippen LogP contribution in [-0.4, -0.2) is 62.7 Å². The van der Waals surface area contributed by atoms with Crippen LogP contribution in [0.2, 0.25) is 0 Å². The van der Waals surface area contributed by atoms with Crippen molar-refractivity contribution in [3.05, 3.63) is 0 Å². The fraction of sp³-hybridized carbons (Fsp3) is 0.714. The molecule has 0 radical (unpaired) electrons. The van der Waals surface area contributed by atoms with E-state index in [1.165, 1.54) is 0 Å². The minimum Gasteiger partial charge on any atom is -0.480 e. The third-order valence-electron chi connectivity index (χ3n) is 1.63. The average Bonchev–Trinajstić information content (AvgIpc) is 2.01. The van der Waals surface area contributed by atoms with Crippen LogP contribution in [0.5, 0.6) is 0 Å². The molecule has 82 valence electrons. The number of aliphatic hydroxyl groups is 2. The summed E-state index contributed by atoms with van der Waals surface area (Å²) in [6, 6.07) is 0. The normalized spacial score (nSPS) is 15.1. The summed E-state index contributed by atoms with van der Waals surface area (Å²) in [6.45, 7) is -0.911. The molecule has 14 heavy (non-hydrogen) atoms. The molecule has 0 aromatic rings. The van der Waals surface area contributed by atoms with Gasteiger partial charge in [-0.2, -0.15) is 0 Å². The second-order valence-electron chi connectivity index (χ2n) is 3.02. The molecule has 0 rings (SSSR count). The highest BCUT2D eigenvalue weighted by atomic mass is 16.4. The number of rotatable bonds is 6. The maximum absolute atomic E-state index is 10.3. The van der Waals surface area contributed by atoms with Crippen LogP contribution in [-0.2, 0) is 9.59 Å². The highest BCUT2D eigenvalue weighted by Gasteiger charge is 2.31. The van der Waals surface area contributed by atoms with E-state index < -0.39 is 37.4 Å². The van der Waals surface area contributed by atoms with Crippen molar-refractivity contribution in [2.24, 2.45) is 0 Å². The Morgan fingerprint density at radius 3 is 1.79 bits per heavy atom. The molecule has 0 aliphatic heterocycles. The van der Waals surface area contributed by atoms with Gasteiger partial charge in [-0.25, -0.2) is 0 Å². The standard InChI is InChI=1S/C7H13NO6/c1-7(14,4-9)8(2-5(10)11)3-6(12)13/h9,14H,2-4H2,1H3,(H,10,11)(H,12,13). The number of aliphatic carboxylic acids is 2. The molecule has 4 N–H and O–H groups in total. The summed E-state index contributed by atoms with van der Waals surface area (Å²) in [5, 5.41) is 35.0. The molecule has 0 aromatic heterocycles. The maximum Gasteiger partial charge on any atom is 0.317 e. The fourth-order valence-corrected chi connectivity index (χ4v) is 0.823.